The Hall–Kier alpha value is -1.44. The molecule has 5 aliphatic rings. The Labute approximate surface area is 220 Å². The van der Waals surface area contributed by atoms with Crippen LogP contribution < -0.4 is 0 Å². The molecule has 5 N–H and O–H groups in total. The van der Waals surface area contributed by atoms with Gasteiger partial charge in [0.05, 0.1) is 29.6 Å². The van der Waals surface area contributed by atoms with Gasteiger partial charge in [-0.25, -0.2) is 0 Å². The van der Waals surface area contributed by atoms with Gasteiger partial charge in [-0.2, -0.15) is 0 Å². The fourth-order valence-electron chi connectivity index (χ4n) is 10.9. The number of carbonyl (C=O) groups is 2. The molecule has 0 amide bonds. The minimum Gasteiger partial charge on any atom is -0.481 e. The predicted molar refractivity (Wildman–Crippen MR) is 137 cm³/mol. The number of hydrogen-bond acceptors (Lipinski definition) is 5. The van der Waals surface area contributed by atoms with E-state index < -0.39 is 45.8 Å². The first-order chi connectivity index (χ1) is 17.1. The van der Waals surface area contributed by atoms with Gasteiger partial charge in [-0.3, -0.25) is 9.59 Å². The van der Waals surface area contributed by atoms with E-state index in [1.807, 2.05) is 0 Å². The van der Waals surface area contributed by atoms with E-state index in [2.05, 4.69) is 33.8 Å². The van der Waals surface area contributed by atoms with Gasteiger partial charge >= 0.3 is 11.9 Å². The Balaban J connectivity index is 1.65. The van der Waals surface area contributed by atoms with E-state index >= 15 is 0 Å². The zero-order chi connectivity index (χ0) is 27.4. The molecule has 10 atom stereocenters. The van der Waals surface area contributed by atoms with Crippen LogP contribution in [-0.2, 0) is 9.59 Å². The Morgan fingerprint density at radius 1 is 0.892 bits per heavy atom. The van der Waals surface area contributed by atoms with Crippen molar-refractivity contribution in [3.05, 3.63) is 11.6 Å². The summed E-state index contributed by atoms with van der Waals surface area (Å²) in [5.41, 5.74) is -2.59. The number of aliphatic carboxylic acids is 2. The fraction of sp³-hybridized carbons (Fsp3) is 0.867. The van der Waals surface area contributed by atoms with Crippen molar-refractivity contribution in [1.82, 2.24) is 0 Å². The van der Waals surface area contributed by atoms with Gasteiger partial charge in [0.1, 0.15) is 0 Å². The second kappa shape index (κ2) is 8.04. The van der Waals surface area contributed by atoms with Crippen LogP contribution in [0.2, 0.25) is 0 Å². The van der Waals surface area contributed by atoms with Crippen molar-refractivity contribution in [2.45, 2.75) is 105 Å². The quantitative estimate of drug-likeness (QED) is 0.353. The molecule has 0 bridgehead atoms. The van der Waals surface area contributed by atoms with E-state index in [0.717, 1.165) is 18.4 Å². The van der Waals surface area contributed by atoms with Crippen molar-refractivity contribution < 1.29 is 35.1 Å². The topological polar surface area (TPSA) is 135 Å². The van der Waals surface area contributed by atoms with Crippen LogP contribution in [0.3, 0.4) is 0 Å². The molecular weight excluding hydrogens is 472 g/mol. The maximum Gasteiger partial charge on any atom is 0.312 e. The molecular formula is C30H46O7. The van der Waals surface area contributed by atoms with Crippen LogP contribution in [0.1, 0.15) is 92.4 Å². The van der Waals surface area contributed by atoms with Crippen LogP contribution in [0.4, 0.5) is 0 Å². The van der Waals surface area contributed by atoms with E-state index in [1.165, 1.54) is 0 Å². The molecule has 5 aliphatic carbocycles. The molecule has 0 spiro atoms. The monoisotopic (exact) mass is 518 g/mol. The Morgan fingerprint density at radius 3 is 2.14 bits per heavy atom. The van der Waals surface area contributed by atoms with Gasteiger partial charge in [0.2, 0.25) is 0 Å². The molecule has 0 aromatic rings. The third kappa shape index (κ3) is 3.17. The summed E-state index contributed by atoms with van der Waals surface area (Å²) in [6.07, 6.45) is 5.50. The minimum atomic E-state index is -1.46. The first-order valence-corrected chi connectivity index (χ1v) is 14.2. The number of hydrogen-bond donors (Lipinski definition) is 5. The summed E-state index contributed by atoms with van der Waals surface area (Å²) in [7, 11) is 0. The van der Waals surface area contributed by atoms with E-state index in [4.69, 9.17) is 0 Å². The summed E-state index contributed by atoms with van der Waals surface area (Å²) in [4.78, 5) is 25.4. The molecule has 5 rings (SSSR count). The van der Waals surface area contributed by atoms with Gasteiger partial charge < -0.3 is 25.5 Å². The molecule has 37 heavy (non-hydrogen) atoms. The van der Waals surface area contributed by atoms with Gasteiger partial charge in [0.25, 0.3) is 0 Å². The fourth-order valence-corrected chi connectivity index (χ4v) is 10.9. The van der Waals surface area contributed by atoms with Crippen molar-refractivity contribution in [3.8, 4) is 0 Å². The van der Waals surface area contributed by atoms with Crippen molar-refractivity contribution in [1.29, 1.82) is 0 Å². The highest BCUT2D eigenvalue weighted by atomic mass is 16.4. The second-order valence-electron chi connectivity index (χ2n) is 14.9. The first-order valence-electron chi connectivity index (χ1n) is 14.2. The van der Waals surface area contributed by atoms with Gasteiger partial charge in [0.15, 0.2) is 0 Å². The molecule has 4 fully saturated rings. The molecule has 7 heteroatoms. The molecule has 0 heterocycles. The van der Waals surface area contributed by atoms with Gasteiger partial charge in [-0.15, -0.1) is 0 Å². The van der Waals surface area contributed by atoms with Crippen LogP contribution in [0.5, 0.6) is 0 Å². The van der Waals surface area contributed by atoms with Crippen molar-refractivity contribution in [3.63, 3.8) is 0 Å². The molecule has 0 aromatic carbocycles. The number of carboxylic acids is 2. The normalized spacial score (nSPS) is 52.5. The number of rotatable bonds is 3. The maximum atomic E-state index is 12.8. The highest BCUT2D eigenvalue weighted by Gasteiger charge is 2.72. The van der Waals surface area contributed by atoms with E-state index in [9.17, 15) is 35.1 Å². The predicted octanol–water partition coefficient (Wildman–Crippen LogP) is 4.24. The lowest BCUT2D eigenvalue weighted by Crippen LogP contribution is -2.69. The Kier molecular flexibility index (Phi) is 5.90. The largest absolute Gasteiger partial charge is 0.481 e. The summed E-state index contributed by atoms with van der Waals surface area (Å²) in [5, 5.41) is 53.8. The molecule has 2 unspecified atom stereocenters. The SMILES string of the molecule is CC1(C)CC[C@]2(C(=O)O)CC[C@]3(CO)C(=CCC4[C@@]5(C)C[C@H](O)[C@H](O)[C@@](C)(C(=O)O)C5CC[C@]43C)[C@@H]2C1. The smallest absolute Gasteiger partial charge is 0.312 e. The number of allylic oxidation sites excluding steroid dienone is 1. The second-order valence-corrected chi connectivity index (χ2v) is 14.9. The summed E-state index contributed by atoms with van der Waals surface area (Å²) >= 11 is 0. The van der Waals surface area contributed by atoms with Crippen LogP contribution in [-0.4, -0.2) is 56.3 Å². The summed E-state index contributed by atoms with van der Waals surface area (Å²) in [6, 6.07) is 0. The lowest BCUT2D eigenvalue weighted by Gasteiger charge is -2.71. The van der Waals surface area contributed by atoms with Crippen LogP contribution in [0.25, 0.3) is 0 Å². The lowest BCUT2D eigenvalue weighted by atomic mass is 9.33. The van der Waals surface area contributed by atoms with Crippen molar-refractivity contribution >= 4 is 11.9 Å². The standard InChI is InChI=1S/C30H46O7/c1-25(2)10-11-29(24(36)37)12-13-30(16-31)17(18(29)14-25)6-7-20-26(3)15-19(32)22(33)28(5,23(34)35)21(26)8-9-27(20,30)4/h6,18-22,31-33H,7-16H2,1-5H3,(H,34,35)(H,36,37)/t18-,19-,20?,21?,22-,26+,27+,28-,29-,30-/m0/s1. The summed E-state index contributed by atoms with van der Waals surface area (Å²) in [6.45, 7) is 10.3. The average Bonchev–Trinajstić information content (AvgIpc) is 2.81. The zero-order valence-electron chi connectivity index (χ0n) is 23.1. The van der Waals surface area contributed by atoms with E-state index in [0.29, 0.717) is 44.9 Å². The first kappa shape index (κ1) is 27.1. The lowest BCUT2D eigenvalue weighted by molar-refractivity contribution is -0.244. The molecule has 4 saturated carbocycles. The number of fused-ring (bicyclic) bond motifs is 7. The summed E-state index contributed by atoms with van der Waals surface area (Å²) < 4.78 is 0. The van der Waals surface area contributed by atoms with E-state index in [1.54, 1.807) is 6.92 Å². The van der Waals surface area contributed by atoms with Gasteiger partial charge in [0, 0.05) is 5.41 Å². The minimum absolute atomic E-state index is 0.00408. The van der Waals surface area contributed by atoms with Crippen LogP contribution in [0, 0.1) is 50.2 Å². The van der Waals surface area contributed by atoms with Crippen LogP contribution in [0.15, 0.2) is 11.6 Å². The average molecular weight is 519 g/mol. The highest BCUT2D eigenvalue weighted by Crippen LogP contribution is 2.75. The number of aliphatic hydroxyl groups is 3. The molecule has 0 aliphatic heterocycles. The molecule has 7 nitrogen and oxygen atoms in total. The number of aliphatic hydroxyl groups excluding tert-OH is 3. The van der Waals surface area contributed by atoms with Gasteiger partial charge in [-0.05, 0) is 98.7 Å². The Morgan fingerprint density at radius 2 is 1.54 bits per heavy atom. The molecule has 0 radical (unpaired) electrons. The highest BCUT2D eigenvalue weighted by molar-refractivity contribution is 5.77. The summed E-state index contributed by atoms with van der Waals surface area (Å²) in [5.74, 6) is -2.22. The van der Waals surface area contributed by atoms with Crippen molar-refractivity contribution in [2.75, 3.05) is 6.61 Å². The zero-order valence-corrected chi connectivity index (χ0v) is 23.1. The maximum absolute atomic E-state index is 12.8. The van der Waals surface area contributed by atoms with Gasteiger partial charge in [-0.1, -0.05) is 39.3 Å². The number of carboxylic acid groups (broad SMARTS) is 2. The molecule has 0 aromatic heterocycles. The van der Waals surface area contributed by atoms with Crippen LogP contribution >= 0.6 is 0 Å². The van der Waals surface area contributed by atoms with E-state index in [-0.39, 0.29) is 35.2 Å². The van der Waals surface area contributed by atoms with Crippen molar-refractivity contribution in [2.24, 2.45) is 50.2 Å². The molecule has 0 saturated heterocycles. The third-order valence-electron chi connectivity index (χ3n) is 13.1. The third-order valence-corrected chi connectivity index (χ3v) is 13.1. The Bertz CT molecular complexity index is 1030. The molecule has 208 valence electrons.